The van der Waals surface area contributed by atoms with Crippen LogP contribution >= 0.6 is 0 Å². The highest BCUT2D eigenvalue weighted by Gasteiger charge is 2.16. The Labute approximate surface area is 96.2 Å². The zero-order chi connectivity index (χ0) is 12.2. The lowest BCUT2D eigenvalue weighted by Crippen LogP contribution is -2.24. The van der Waals surface area contributed by atoms with Crippen LogP contribution in [0, 0.1) is 0 Å². The highest BCUT2D eigenvalue weighted by atomic mass is 32.2. The number of anilines is 1. The molecular formula is C11H16N2O2S. The summed E-state index contributed by atoms with van der Waals surface area (Å²) in [7, 11) is -3.49. The Hall–Kier alpha value is -1.33. The Balaban J connectivity index is 3.19. The Kier molecular flexibility index (Phi) is 4.09. The van der Waals surface area contributed by atoms with E-state index in [2.05, 4.69) is 11.3 Å². The third-order valence-electron chi connectivity index (χ3n) is 2.18. The number of sulfonamides is 1. The molecule has 0 amide bonds. The van der Waals surface area contributed by atoms with Gasteiger partial charge < -0.3 is 5.73 Å². The van der Waals surface area contributed by atoms with E-state index in [1.54, 1.807) is 12.1 Å². The third kappa shape index (κ3) is 2.84. The predicted molar refractivity (Wildman–Crippen MR) is 65.6 cm³/mol. The predicted octanol–water partition coefficient (Wildman–Crippen LogP) is 1.30. The van der Waals surface area contributed by atoms with E-state index in [0.29, 0.717) is 12.1 Å². The van der Waals surface area contributed by atoms with Crippen molar-refractivity contribution in [3.8, 4) is 0 Å². The molecule has 0 saturated heterocycles. The number of nitrogens with two attached hydrogens (primary N) is 1. The minimum absolute atomic E-state index is 0.209. The lowest BCUT2D eigenvalue weighted by Gasteiger charge is -2.10. The van der Waals surface area contributed by atoms with Gasteiger partial charge in [0.05, 0.1) is 4.90 Å². The topological polar surface area (TPSA) is 72.2 Å². The van der Waals surface area contributed by atoms with Gasteiger partial charge in [-0.2, -0.15) is 0 Å². The molecule has 0 unspecified atom stereocenters. The summed E-state index contributed by atoms with van der Waals surface area (Å²) in [6.45, 7) is 5.58. The summed E-state index contributed by atoms with van der Waals surface area (Å²) in [5.74, 6) is 0. The number of aryl methyl sites for hydroxylation is 1. The van der Waals surface area contributed by atoms with Crippen LogP contribution in [-0.4, -0.2) is 15.0 Å². The van der Waals surface area contributed by atoms with Gasteiger partial charge in [-0.1, -0.05) is 19.1 Å². The van der Waals surface area contributed by atoms with Crippen molar-refractivity contribution in [1.82, 2.24) is 4.72 Å². The second kappa shape index (κ2) is 5.14. The summed E-state index contributed by atoms with van der Waals surface area (Å²) in [5, 5.41) is 0. The number of benzene rings is 1. The van der Waals surface area contributed by atoms with Gasteiger partial charge in [0, 0.05) is 12.2 Å². The van der Waals surface area contributed by atoms with Gasteiger partial charge in [0.2, 0.25) is 10.0 Å². The summed E-state index contributed by atoms with van der Waals surface area (Å²) >= 11 is 0. The summed E-state index contributed by atoms with van der Waals surface area (Å²) in [6.07, 6.45) is 2.14. The first-order valence-electron chi connectivity index (χ1n) is 5.00. The largest absolute Gasteiger partial charge is 0.399 e. The minimum Gasteiger partial charge on any atom is -0.399 e. The van der Waals surface area contributed by atoms with Gasteiger partial charge in [-0.3, -0.25) is 0 Å². The number of hydrogen-bond donors (Lipinski definition) is 2. The number of rotatable bonds is 5. The second-order valence-electron chi connectivity index (χ2n) is 3.36. The number of nitrogens with one attached hydrogen (secondary N) is 1. The zero-order valence-corrected chi connectivity index (χ0v) is 10.0. The smallest absolute Gasteiger partial charge is 0.241 e. The highest BCUT2D eigenvalue weighted by molar-refractivity contribution is 7.89. The molecular weight excluding hydrogens is 224 g/mol. The van der Waals surface area contributed by atoms with Gasteiger partial charge in [-0.15, -0.1) is 6.58 Å². The molecule has 0 aliphatic rings. The monoisotopic (exact) mass is 240 g/mol. The van der Waals surface area contributed by atoms with Crippen LogP contribution in [0.2, 0.25) is 0 Å². The summed E-state index contributed by atoms with van der Waals surface area (Å²) in [4.78, 5) is 0.247. The molecule has 0 bridgehead atoms. The molecule has 0 saturated carbocycles. The van der Waals surface area contributed by atoms with E-state index in [-0.39, 0.29) is 11.4 Å². The molecule has 4 nitrogen and oxygen atoms in total. The van der Waals surface area contributed by atoms with Crippen LogP contribution < -0.4 is 10.5 Å². The molecule has 1 rings (SSSR count). The normalized spacial score (nSPS) is 11.3. The Morgan fingerprint density at radius 3 is 2.75 bits per heavy atom. The van der Waals surface area contributed by atoms with Gasteiger partial charge in [0.25, 0.3) is 0 Å². The molecule has 0 heterocycles. The Morgan fingerprint density at radius 1 is 1.50 bits per heavy atom. The average Bonchev–Trinajstić information content (AvgIpc) is 2.26. The van der Waals surface area contributed by atoms with Crippen LogP contribution in [0.4, 0.5) is 5.69 Å². The van der Waals surface area contributed by atoms with Crippen LogP contribution in [-0.2, 0) is 16.4 Å². The van der Waals surface area contributed by atoms with Crippen molar-refractivity contribution in [3.63, 3.8) is 0 Å². The SMILES string of the molecule is C=CCNS(=O)(=O)c1cc(N)ccc1CC. The fourth-order valence-electron chi connectivity index (χ4n) is 1.36. The average molecular weight is 240 g/mol. The second-order valence-corrected chi connectivity index (χ2v) is 5.10. The van der Waals surface area contributed by atoms with E-state index in [1.165, 1.54) is 12.1 Å². The van der Waals surface area contributed by atoms with Crippen molar-refractivity contribution in [2.75, 3.05) is 12.3 Å². The minimum atomic E-state index is -3.49. The van der Waals surface area contributed by atoms with Crippen molar-refractivity contribution in [2.24, 2.45) is 0 Å². The third-order valence-corrected chi connectivity index (χ3v) is 3.69. The van der Waals surface area contributed by atoms with E-state index in [1.807, 2.05) is 6.92 Å². The molecule has 1 aromatic carbocycles. The maximum absolute atomic E-state index is 11.9. The first-order valence-corrected chi connectivity index (χ1v) is 6.48. The molecule has 0 radical (unpaired) electrons. The zero-order valence-electron chi connectivity index (χ0n) is 9.23. The van der Waals surface area contributed by atoms with Crippen molar-refractivity contribution in [1.29, 1.82) is 0 Å². The molecule has 5 heteroatoms. The van der Waals surface area contributed by atoms with Crippen LogP contribution in [0.3, 0.4) is 0 Å². The van der Waals surface area contributed by atoms with Crippen LogP contribution in [0.25, 0.3) is 0 Å². The standard InChI is InChI=1S/C11H16N2O2S/c1-3-7-13-16(14,15)11-8-10(12)6-5-9(11)4-2/h3,5-6,8,13H,1,4,7,12H2,2H3. The molecule has 0 aliphatic carbocycles. The highest BCUT2D eigenvalue weighted by Crippen LogP contribution is 2.19. The maximum atomic E-state index is 11.9. The van der Waals surface area contributed by atoms with Crippen LogP contribution in [0.1, 0.15) is 12.5 Å². The molecule has 1 aromatic rings. The fourth-order valence-corrected chi connectivity index (χ4v) is 2.70. The maximum Gasteiger partial charge on any atom is 0.241 e. The van der Waals surface area contributed by atoms with Gasteiger partial charge in [0.15, 0.2) is 0 Å². The molecule has 0 spiro atoms. The van der Waals surface area contributed by atoms with Crippen molar-refractivity contribution >= 4 is 15.7 Å². The molecule has 0 atom stereocenters. The van der Waals surface area contributed by atoms with Crippen molar-refractivity contribution in [2.45, 2.75) is 18.2 Å². The fraction of sp³-hybridized carbons (Fsp3) is 0.273. The first kappa shape index (κ1) is 12.7. The first-order chi connectivity index (χ1) is 7.51. The van der Waals surface area contributed by atoms with Crippen LogP contribution in [0.5, 0.6) is 0 Å². The summed E-state index contributed by atoms with van der Waals surface area (Å²) in [6, 6.07) is 4.91. The lowest BCUT2D eigenvalue weighted by molar-refractivity contribution is 0.584. The van der Waals surface area contributed by atoms with E-state index in [9.17, 15) is 8.42 Å². The molecule has 0 fully saturated rings. The van der Waals surface area contributed by atoms with E-state index in [4.69, 9.17) is 5.73 Å². The number of hydrogen-bond acceptors (Lipinski definition) is 3. The molecule has 0 aliphatic heterocycles. The quantitative estimate of drug-likeness (QED) is 0.602. The van der Waals surface area contributed by atoms with E-state index < -0.39 is 10.0 Å². The van der Waals surface area contributed by atoms with Crippen molar-refractivity contribution < 1.29 is 8.42 Å². The van der Waals surface area contributed by atoms with E-state index in [0.717, 1.165) is 5.56 Å². The number of nitrogen functional groups attached to an aromatic ring is 1. The molecule has 16 heavy (non-hydrogen) atoms. The Morgan fingerprint density at radius 2 is 2.19 bits per heavy atom. The Bertz CT molecular complexity index is 481. The molecule has 0 aromatic heterocycles. The summed E-state index contributed by atoms with van der Waals surface area (Å²) < 4.78 is 26.2. The van der Waals surface area contributed by atoms with Gasteiger partial charge in [0.1, 0.15) is 0 Å². The lowest BCUT2D eigenvalue weighted by atomic mass is 10.1. The summed E-state index contributed by atoms with van der Waals surface area (Å²) in [5.41, 5.74) is 6.79. The van der Waals surface area contributed by atoms with E-state index >= 15 is 0 Å². The van der Waals surface area contributed by atoms with Gasteiger partial charge in [-0.05, 0) is 24.1 Å². The molecule has 88 valence electrons. The van der Waals surface area contributed by atoms with Crippen molar-refractivity contribution in [3.05, 3.63) is 36.4 Å². The van der Waals surface area contributed by atoms with Gasteiger partial charge >= 0.3 is 0 Å². The van der Waals surface area contributed by atoms with Gasteiger partial charge in [-0.25, -0.2) is 13.1 Å². The van der Waals surface area contributed by atoms with Crippen LogP contribution in [0.15, 0.2) is 35.7 Å². The molecule has 3 N–H and O–H groups in total.